The highest BCUT2D eigenvalue weighted by molar-refractivity contribution is 6.39. The van der Waals surface area contributed by atoms with E-state index in [-0.39, 0.29) is 18.7 Å². The maximum atomic E-state index is 12.8. The molecule has 5 nitrogen and oxygen atoms in total. The summed E-state index contributed by atoms with van der Waals surface area (Å²) >= 11 is 6.06. The third kappa shape index (κ3) is 5.08. The molecular formula is C22H17ClF3NO4. The maximum Gasteiger partial charge on any atom is 0.416 e. The Kier molecular flexibility index (Phi) is 6.40. The Hall–Kier alpha value is -3.26. The molecule has 3 aromatic rings. The van der Waals surface area contributed by atoms with Crippen molar-refractivity contribution in [1.82, 2.24) is 4.57 Å². The van der Waals surface area contributed by atoms with E-state index in [0.717, 1.165) is 18.2 Å². The second-order valence-electron chi connectivity index (χ2n) is 6.64. The molecule has 0 radical (unpaired) electrons. The predicted octanol–water partition coefficient (Wildman–Crippen LogP) is 5.39. The van der Waals surface area contributed by atoms with Gasteiger partial charge in [-0.15, -0.1) is 0 Å². The molecule has 0 fully saturated rings. The summed E-state index contributed by atoms with van der Waals surface area (Å²) in [5, 5.41) is 11.3. The Morgan fingerprint density at radius 3 is 2.45 bits per heavy atom. The van der Waals surface area contributed by atoms with Gasteiger partial charge in [0, 0.05) is 40.3 Å². The standard InChI is InChI=1S/C22H17ClF3NO4/c1-2-31-21(30)20(29)10-19(28)17-12-27(18-8-7-15(23)9-16(17)18)11-13-3-5-14(6-4-13)22(24,25)26/h3-10,12,28H,2,11H2,1H3. The molecule has 0 aliphatic rings. The summed E-state index contributed by atoms with van der Waals surface area (Å²) in [5.74, 6) is -2.58. The molecule has 0 bridgehead atoms. The zero-order valence-corrected chi connectivity index (χ0v) is 17.0. The highest BCUT2D eigenvalue weighted by Gasteiger charge is 2.30. The lowest BCUT2D eigenvalue weighted by atomic mass is 10.1. The van der Waals surface area contributed by atoms with Crippen LogP contribution in [0.1, 0.15) is 23.6 Å². The van der Waals surface area contributed by atoms with E-state index in [1.807, 2.05) is 0 Å². The van der Waals surface area contributed by atoms with Gasteiger partial charge in [-0.25, -0.2) is 4.79 Å². The van der Waals surface area contributed by atoms with Crippen molar-refractivity contribution in [1.29, 1.82) is 0 Å². The number of carbonyl (C=O) groups is 2. The van der Waals surface area contributed by atoms with Gasteiger partial charge in [0.15, 0.2) is 0 Å². The minimum atomic E-state index is -4.43. The van der Waals surface area contributed by atoms with Gasteiger partial charge in [0.25, 0.3) is 5.78 Å². The van der Waals surface area contributed by atoms with E-state index in [0.29, 0.717) is 21.5 Å². The van der Waals surface area contributed by atoms with E-state index < -0.39 is 29.3 Å². The average molecular weight is 452 g/mol. The van der Waals surface area contributed by atoms with Crippen LogP contribution in [0.15, 0.2) is 54.7 Å². The summed E-state index contributed by atoms with van der Waals surface area (Å²) in [6.45, 7) is 1.77. The topological polar surface area (TPSA) is 68.5 Å². The zero-order valence-electron chi connectivity index (χ0n) is 16.2. The number of halogens is 4. The second kappa shape index (κ2) is 8.85. The summed E-state index contributed by atoms with van der Waals surface area (Å²) < 4.78 is 44.7. The minimum Gasteiger partial charge on any atom is -0.507 e. The molecule has 0 amide bonds. The Morgan fingerprint density at radius 2 is 1.84 bits per heavy atom. The first kappa shape index (κ1) is 22.4. The third-order valence-electron chi connectivity index (χ3n) is 4.50. The minimum absolute atomic E-state index is 0.0151. The first-order valence-corrected chi connectivity index (χ1v) is 9.54. The average Bonchev–Trinajstić information content (AvgIpc) is 3.05. The number of benzene rings is 2. The summed E-state index contributed by atoms with van der Waals surface area (Å²) in [4.78, 5) is 23.4. The summed E-state index contributed by atoms with van der Waals surface area (Å²) in [6.07, 6.45) is -2.14. The van der Waals surface area contributed by atoms with Gasteiger partial charge in [-0.3, -0.25) is 4.79 Å². The smallest absolute Gasteiger partial charge is 0.416 e. The fourth-order valence-electron chi connectivity index (χ4n) is 3.06. The van der Waals surface area contributed by atoms with E-state index in [9.17, 15) is 27.9 Å². The molecule has 0 aliphatic heterocycles. The van der Waals surface area contributed by atoms with E-state index in [1.165, 1.54) is 18.3 Å². The van der Waals surface area contributed by atoms with Crippen LogP contribution in [0.4, 0.5) is 13.2 Å². The molecule has 1 N–H and O–H groups in total. The molecule has 0 unspecified atom stereocenters. The van der Waals surface area contributed by atoms with Crippen LogP contribution < -0.4 is 0 Å². The van der Waals surface area contributed by atoms with Crippen molar-refractivity contribution in [2.75, 3.05) is 6.61 Å². The summed E-state index contributed by atoms with van der Waals surface area (Å²) in [5.41, 5.74) is 0.710. The lowest BCUT2D eigenvalue weighted by molar-refractivity contribution is -0.151. The SMILES string of the molecule is CCOC(=O)C(=O)C=C(O)c1cn(Cc2ccc(C(F)(F)F)cc2)c2ccc(Cl)cc12. The fraction of sp³-hybridized carbons (Fsp3) is 0.182. The van der Waals surface area contributed by atoms with Crippen LogP contribution in [0.3, 0.4) is 0 Å². The number of carbonyl (C=O) groups excluding carboxylic acids is 2. The van der Waals surface area contributed by atoms with Gasteiger partial charge in [-0.2, -0.15) is 13.2 Å². The van der Waals surface area contributed by atoms with Crippen molar-refractivity contribution in [2.24, 2.45) is 0 Å². The number of aliphatic hydroxyl groups excluding tert-OH is 1. The van der Waals surface area contributed by atoms with Crippen LogP contribution in [0, 0.1) is 0 Å². The molecule has 162 valence electrons. The van der Waals surface area contributed by atoms with Crippen molar-refractivity contribution in [3.63, 3.8) is 0 Å². The third-order valence-corrected chi connectivity index (χ3v) is 4.73. The molecule has 3 rings (SSSR count). The van der Waals surface area contributed by atoms with Crippen molar-refractivity contribution in [2.45, 2.75) is 19.6 Å². The Balaban J connectivity index is 1.99. The van der Waals surface area contributed by atoms with Crippen molar-refractivity contribution < 1.29 is 32.6 Å². The van der Waals surface area contributed by atoms with Gasteiger partial charge in [0.1, 0.15) is 5.76 Å². The molecule has 31 heavy (non-hydrogen) atoms. The first-order valence-electron chi connectivity index (χ1n) is 9.16. The first-order chi connectivity index (χ1) is 14.6. The van der Waals surface area contributed by atoms with Crippen LogP contribution >= 0.6 is 11.6 Å². The van der Waals surface area contributed by atoms with Crippen LogP contribution in [0.2, 0.25) is 5.02 Å². The molecule has 0 atom stereocenters. The molecule has 0 saturated heterocycles. The number of aromatic nitrogens is 1. The van der Waals surface area contributed by atoms with Gasteiger partial charge in [0.05, 0.1) is 12.2 Å². The summed E-state index contributed by atoms with van der Waals surface area (Å²) in [6, 6.07) is 9.61. The van der Waals surface area contributed by atoms with E-state index in [4.69, 9.17) is 11.6 Å². The lowest BCUT2D eigenvalue weighted by Crippen LogP contribution is -2.15. The number of ketones is 1. The van der Waals surface area contributed by atoms with E-state index in [2.05, 4.69) is 4.74 Å². The highest BCUT2D eigenvalue weighted by Crippen LogP contribution is 2.31. The van der Waals surface area contributed by atoms with Gasteiger partial charge in [-0.05, 0) is 42.8 Å². The predicted molar refractivity (Wildman–Crippen MR) is 110 cm³/mol. The highest BCUT2D eigenvalue weighted by atomic mass is 35.5. The Morgan fingerprint density at radius 1 is 1.16 bits per heavy atom. The molecule has 9 heteroatoms. The number of hydrogen-bond acceptors (Lipinski definition) is 4. The number of nitrogens with zero attached hydrogens (tertiary/aromatic N) is 1. The molecule has 1 aromatic heterocycles. The number of hydrogen-bond donors (Lipinski definition) is 1. The van der Waals surface area contributed by atoms with E-state index >= 15 is 0 Å². The van der Waals surface area contributed by atoms with E-state index in [1.54, 1.807) is 29.7 Å². The van der Waals surface area contributed by atoms with Crippen molar-refractivity contribution in [3.05, 3.63) is 76.5 Å². The van der Waals surface area contributed by atoms with Crippen LogP contribution in [-0.2, 0) is 27.0 Å². The largest absolute Gasteiger partial charge is 0.507 e. The summed E-state index contributed by atoms with van der Waals surface area (Å²) in [7, 11) is 0. The molecule has 1 heterocycles. The van der Waals surface area contributed by atoms with Gasteiger partial charge in [0.2, 0.25) is 0 Å². The number of esters is 1. The number of ether oxygens (including phenoxy) is 1. The molecule has 0 saturated carbocycles. The Bertz CT molecular complexity index is 1160. The molecular weight excluding hydrogens is 435 g/mol. The molecule has 0 aliphatic carbocycles. The molecule has 2 aromatic carbocycles. The number of fused-ring (bicyclic) bond motifs is 1. The Labute approximate surface area is 180 Å². The second-order valence-corrected chi connectivity index (χ2v) is 7.08. The lowest BCUT2D eigenvalue weighted by Gasteiger charge is -2.09. The fourth-order valence-corrected chi connectivity index (χ4v) is 3.24. The van der Waals surface area contributed by atoms with Gasteiger partial charge in [-0.1, -0.05) is 23.7 Å². The number of aliphatic hydroxyl groups is 1. The zero-order chi connectivity index (χ0) is 22.8. The van der Waals surface area contributed by atoms with Crippen LogP contribution in [0.5, 0.6) is 0 Å². The monoisotopic (exact) mass is 451 g/mol. The van der Waals surface area contributed by atoms with Gasteiger partial charge >= 0.3 is 12.1 Å². The van der Waals surface area contributed by atoms with Gasteiger partial charge < -0.3 is 14.4 Å². The van der Waals surface area contributed by atoms with Crippen LogP contribution in [-0.4, -0.2) is 28.0 Å². The normalized spacial score (nSPS) is 12.2. The van der Waals surface area contributed by atoms with Crippen LogP contribution in [0.25, 0.3) is 16.7 Å². The molecule has 0 spiro atoms. The maximum absolute atomic E-state index is 12.8. The number of rotatable bonds is 6. The van der Waals surface area contributed by atoms with Crippen molar-refractivity contribution >= 4 is 40.0 Å². The van der Waals surface area contributed by atoms with Crippen molar-refractivity contribution in [3.8, 4) is 0 Å². The number of alkyl halides is 3. The quantitative estimate of drug-likeness (QED) is 0.236.